The molecule has 2 N–H and O–H groups in total. The van der Waals surface area contributed by atoms with Crippen LogP contribution >= 0.6 is 11.6 Å². The number of sulfonamides is 1. The van der Waals surface area contributed by atoms with Gasteiger partial charge in [0.1, 0.15) is 16.9 Å². The maximum absolute atomic E-state index is 13.1. The lowest BCUT2D eigenvalue weighted by Gasteiger charge is -2.13. The quantitative estimate of drug-likeness (QED) is 0.184. The van der Waals surface area contributed by atoms with Crippen molar-refractivity contribution >= 4 is 49.4 Å². The predicted octanol–water partition coefficient (Wildman–Crippen LogP) is 6.99. The first-order chi connectivity index (χ1) is 19.8. The van der Waals surface area contributed by atoms with Gasteiger partial charge in [-0.1, -0.05) is 36.7 Å². The second kappa shape index (κ2) is 11.2. The molecule has 5 rings (SSSR count). The van der Waals surface area contributed by atoms with Crippen LogP contribution in [0.1, 0.15) is 42.9 Å². The van der Waals surface area contributed by atoms with Crippen molar-refractivity contribution in [2.75, 3.05) is 4.72 Å². The second-order valence-corrected chi connectivity index (χ2v) is 12.2. The van der Waals surface area contributed by atoms with Gasteiger partial charge in [0.15, 0.2) is 11.4 Å². The van der Waals surface area contributed by atoms with Crippen molar-refractivity contribution in [1.29, 1.82) is 0 Å². The Hall–Kier alpha value is -3.61. The third-order valence-corrected chi connectivity index (χ3v) is 8.23. The number of aromatic nitrogens is 3. The summed E-state index contributed by atoms with van der Waals surface area (Å²) in [4.78, 5) is 9.67. The van der Waals surface area contributed by atoms with Gasteiger partial charge in [0.2, 0.25) is 0 Å². The van der Waals surface area contributed by atoms with Crippen LogP contribution in [0.15, 0.2) is 52.9 Å². The van der Waals surface area contributed by atoms with Gasteiger partial charge >= 0.3 is 15.5 Å². The average Bonchev–Trinajstić information content (AvgIpc) is 3.41. The lowest BCUT2D eigenvalue weighted by atomic mass is 10.1. The van der Waals surface area contributed by atoms with E-state index in [0.29, 0.717) is 29.6 Å². The number of fused-ring (bicyclic) bond motifs is 2. The molecular weight excluding hydrogens is 593 g/mol. The van der Waals surface area contributed by atoms with Crippen molar-refractivity contribution in [3.8, 4) is 11.3 Å². The number of halogens is 4. The summed E-state index contributed by atoms with van der Waals surface area (Å²) in [6.07, 6.45) is 1.46. The topological polar surface area (TPSA) is 110 Å². The van der Waals surface area contributed by atoms with Gasteiger partial charge < -0.3 is 14.1 Å². The zero-order valence-corrected chi connectivity index (χ0v) is 24.5. The molecule has 1 atom stereocenters. The van der Waals surface area contributed by atoms with Crippen molar-refractivity contribution in [3.05, 3.63) is 76.2 Å². The van der Waals surface area contributed by atoms with Crippen LogP contribution in [0, 0.1) is 6.92 Å². The Balaban J connectivity index is 1.56. The smallest absolute Gasteiger partial charge is 0.454 e. The number of para-hydroxylation sites is 1. The maximum Gasteiger partial charge on any atom is 0.516 e. The summed E-state index contributed by atoms with van der Waals surface area (Å²) in [5, 5.41) is 10.6. The largest absolute Gasteiger partial charge is 0.516 e. The third-order valence-electron chi connectivity index (χ3n) is 6.76. The fourth-order valence-electron chi connectivity index (χ4n) is 4.88. The lowest BCUT2D eigenvalue weighted by molar-refractivity contribution is -0.0429. The van der Waals surface area contributed by atoms with E-state index in [1.165, 1.54) is 24.3 Å². The third kappa shape index (κ3) is 5.70. The standard InChI is InChI=1S/C29H28ClF3N4O4S/c1-4-7-24-35-26-16(2)12-19(13-17(3)38)34-28(26)37(24)15-18-10-11-23-21(14-18)25(30)27(41-23)20-8-5-6-9-22(20)36-42(39,40)29(31,32)33/h5-6,8-12,14,17,36,38H,4,7,13,15H2,1-3H3. The van der Waals surface area contributed by atoms with Crippen molar-refractivity contribution < 1.29 is 31.1 Å². The second-order valence-electron chi connectivity index (χ2n) is 10.2. The van der Waals surface area contributed by atoms with Crippen LogP contribution in [-0.4, -0.2) is 39.7 Å². The van der Waals surface area contributed by atoms with Gasteiger partial charge in [-0.2, -0.15) is 21.6 Å². The van der Waals surface area contributed by atoms with E-state index in [9.17, 15) is 26.7 Å². The van der Waals surface area contributed by atoms with E-state index < -0.39 is 21.6 Å². The summed E-state index contributed by atoms with van der Waals surface area (Å²) in [7, 11) is -5.66. The van der Waals surface area contributed by atoms with Crippen LogP contribution < -0.4 is 4.72 Å². The first-order valence-corrected chi connectivity index (χ1v) is 15.1. The van der Waals surface area contributed by atoms with Crippen molar-refractivity contribution in [3.63, 3.8) is 0 Å². The highest BCUT2D eigenvalue weighted by Gasteiger charge is 2.46. The number of aliphatic hydroxyl groups excluding tert-OH is 1. The molecule has 222 valence electrons. The van der Waals surface area contributed by atoms with Gasteiger partial charge in [0.05, 0.1) is 23.4 Å². The van der Waals surface area contributed by atoms with Crippen LogP contribution in [0.25, 0.3) is 33.5 Å². The summed E-state index contributed by atoms with van der Waals surface area (Å²) < 4.78 is 72.3. The van der Waals surface area contributed by atoms with Crippen LogP contribution in [0.3, 0.4) is 0 Å². The highest BCUT2D eigenvalue weighted by atomic mass is 35.5. The number of rotatable bonds is 9. The summed E-state index contributed by atoms with van der Waals surface area (Å²) in [5.74, 6) is 0.895. The van der Waals surface area contributed by atoms with Crippen LogP contribution in [0.4, 0.5) is 18.9 Å². The number of nitrogens with one attached hydrogen (secondary N) is 1. The van der Waals surface area contributed by atoms with Crippen LogP contribution in [0.5, 0.6) is 0 Å². The predicted molar refractivity (Wildman–Crippen MR) is 156 cm³/mol. The molecule has 0 amide bonds. The normalized spacial score (nSPS) is 13.2. The number of aryl methyl sites for hydroxylation is 2. The number of hydrogen-bond donors (Lipinski definition) is 2. The Labute approximate surface area is 245 Å². The number of alkyl halides is 3. The lowest BCUT2D eigenvalue weighted by Crippen LogP contribution is -2.30. The number of hydrogen-bond acceptors (Lipinski definition) is 6. The fourth-order valence-corrected chi connectivity index (χ4v) is 5.75. The average molecular weight is 621 g/mol. The van der Waals surface area contributed by atoms with Crippen molar-refractivity contribution in [1.82, 2.24) is 14.5 Å². The van der Waals surface area contributed by atoms with Crippen molar-refractivity contribution in [2.24, 2.45) is 0 Å². The number of benzene rings is 2. The van der Waals surface area contributed by atoms with Gasteiger partial charge in [-0.15, -0.1) is 0 Å². The number of aliphatic hydroxyl groups is 1. The first kappa shape index (κ1) is 29.9. The number of imidazole rings is 1. The summed E-state index contributed by atoms with van der Waals surface area (Å²) in [5.41, 5.74) is -1.31. The highest BCUT2D eigenvalue weighted by molar-refractivity contribution is 7.93. The number of pyridine rings is 1. The summed E-state index contributed by atoms with van der Waals surface area (Å²) in [6.45, 7) is 6.15. The molecule has 2 aromatic carbocycles. The number of anilines is 1. The van der Waals surface area contributed by atoms with Gasteiger partial charge in [0.25, 0.3) is 0 Å². The molecular formula is C29H28ClF3N4O4S. The summed E-state index contributed by atoms with van der Waals surface area (Å²) in [6, 6.07) is 12.9. The number of nitrogens with zero attached hydrogens (tertiary/aromatic N) is 3. The number of furan rings is 1. The van der Waals surface area contributed by atoms with Crippen LogP contribution in [-0.2, 0) is 29.4 Å². The molecule has 3 aromatic heterocycles. The van der Waals surface area contributed by atoms with E-state index in [2.05, 4.69) is 6.92 Å². The van der Waals surface area contributed by atoms with Gasteiger partial charge in [0, 0.05) is 29.5 Å². The van der Waals surface area contributed by atoms with E-state index in [-0.39, 0.29) is 22.0 Å². The molecule has 0 aliphatic rings. The molecule has 0 aliphatic carbocycles. The van der Waals surface area contributed by atoms with E-state index in [1.807, 2.05) is 29.7 Å². The molecule has 0 saturated heterocycles. The zero-order chi connectivity index (χ0) is 30.4. The first-order valence-electron chi connectivity index (χ1n) is 13.2. The molecule has 0 spiro atoms. The van der Waals surface area contributed by atoms with Gasteiger partial charge in [-0.25, -0.2) is 9.97 Å². The molecule has 0 bridgehead atoms. The maximum atomic E-state index is 13.1. The summed E-state index contributed by atoms with van der Waals surface area (Å²) >= 11 is 6.70. The molecule has 13 heteroatoms. The molecule has 0 fully saturated rings. The highest BCUT2D eigenvalue weighted by Crippen LogP contribution is 2.41. The van der Waals surface area contributed by atoms with Gasteiger partial charge in [-0.3, -0.25) is 4.72 Å². The Morgan fingerprint density at radius 2 is 1.88 bits per heavy atom. The molecule has 5 aromatic rings. The Bertz CT molecular complexity index is 1900. The monoisotopic (exact) mass is 620 g/mol. The van der Waals surface area contributed by atoms with E-state index in [1.54, 1.807) is 17.7 Å². The fraction of sp³-hybridized carbons (Fsp3) is 0.310. The van der Waals surface area contributed by atoms with Gasteiger partial charge in [-0.05, 0) is 61.7 Å². The Kier molecular flexibility index (Phi) is 7.99. The Morgan fingerprint density at radius 3 is 2.57 bits per heavy atom. The minimum absolute atomic E-state index is 0.0316. The van der Waals surface area contributed by atoms with E-state index in [0.717, 1.165) is 41.0 Å². The molecule has 3 heterocycles. The van der Waals surface area contributed by atoms with Crippen molar-refractivity contribution in [2.45, 2.75) is 58.2 Å². The molecule has 0 aliphatic heterocycles. The SMILES string of the molecule is CCCc1nc2c(C)cc(CC(C)O)nc2n1Cc1ccc2oc(-c3ccccc3NS(=O)(=O)C(F)(F)F)c(Cl)c2c1. The zero-order valence-electron chi connectivity index (χ0n) is 23.0. The van der Waals surface area contributed by atoms with E-state index in [4.69, 9.17) is 26.0 Å². The molecule has 8 nitrogen and oxygen atoms in total. The molecule has 42 heavy (non-hydrogen) atoms. The minimum atomic E-state index is -5.66. The molecule has 1 unspecified atom stereocenters. The van der Waals surface area contributed by atoms with E-state index >= 15 is 0 Å². The Morgan fingerprint density at radius 1 is 1.14 bits per heavy atom. The molecule has 0 saturated carbocycles. The molecule has 0 radical (unpaired) electrons. The minimum Gasteiger partial charge on any atom is -0.454 e. The van der Waals surface area contributed by atoms with Crippen LogP contribution in [0.2, 0.25) is 5.02 Å².